The molecule has 4 N–H and O–H groups in total. The second-order valence-corrected chi connectivity index (χ2v) is 14.5. The van der Waals surface area contributed by atoms with E-state index in [0.29, 0.717) is 12.2 Å². The highest BCUT2D eigenvalue weighted by molar-refractivity contribution is 7.92. The summed E-state index contributed by atoms with van der Waals surface area (Å²) < 4.78 is 31.3. The first kappa shape index (κ1) is 33.9. The maximum absolute atomic E-state index is 13.8. The summed E-state index contributed by atoms with van der Waals surface area (Å²) in [7, 11) is -2.34. The van der Waals surface area contributed by atoms with Gasteiger partial charge in [0.2, 0.25) is 10.0 Å². The molecule has 2 aromatic carbocycles. The van der Waals surface area contributed by atoms with Gasteiger partial charge in [0.05, 0.1) is 42.4 Å². The van der Waals surface area contributed by atoms with Gasteiger partial charge in [-0.15, -0.1) is 11.3 Å². The van der Waals surface area contributed by atoms with Crippen molar-refractivity contribution in [3.8, 4) is 0 Å². The Morgan fingerprint density at radius 1 is 0.933 bits per heavy atom. The van der Waals surface area contributed by atoms with E-state index < -0.39 is 34.0 Å². The molecule has 4 rings (SSSR count). The van der Waals surface area contributed by atoms with Gasteiger partial charge in [0.1, 0.15) is 5.76 Å². The van der Waals surface area contributed by atoms with Crippen LogP contribution < -0.4 is 20.3 Å². The largest absolute Gasteiger partial charge is 0.468 e. The van der Waals surface area contributed by atoms with Gasteiger partial charge in [-0.2, -0.15) is 0 Å². The molecule has 0 bridgehead atoms. The number of carbonyl (C=O) groups excluding carboxylic acids is 2. The fraction of sp³-hybridized carbons (Fsp3) is 0.333. The SMILES string of the molecule is Cc1ccc(C(C)NC(=O)c2cc(C(=O)N[C@@H](Cc3ccccc3)[C@H](O)CNC(C)c3ccco3)cc(N(C)S(C)(=O)=O)c2)s1. The van der Waals surface area contributed by atoms with E-state index >= 15 is 0 Å². The van der Waals surface area contributed by atoms with Crippen molar-refractivity contribution in [1.29, 1.82) is 0 Å². The van der Waals surface area contributed by atoms with Crippen LogP contribution >= 0.6 is 11.3 Å². The van der Waals surface area contributed by atoms with Crippen LogP contribution in [0.15, 0.2) is 83.5 Å². The molecule has 4 atom stereocenters. The smallest absolute Gasteiger partial charge is 0.251 e. The normalized spacial score (nSPS) is 14.3. The van der Waals surface area contributed by atoms with E-state index in [1.54, 1.807) is 23.7 Å². The van der Waals surface area contributed by atoms with Crippen molar-refractivity contribution in [2.24, 2.45) is 0 Å². The Balaban J connectivity index is 1.60. The molecule has 0 saturated carbocycles. The number of nitrogens with one attached hydrogen (secondary N) is 3. The number of aryl methyl sites for hydroxylation is 1. The summed E-state index contributed by atoms with van der Waals surface area (Å²) in [5.74, 6) is -0.302. The first-order valence-corrected chi connectivity index (χ1v) is 17.2. The summed E-state index contributed by atoms with van der Waals surface area (Å²) in [5.41, 5.74) is 1.27. The van der Waals surface area contributed by atoms with Gasteiger partial charge in [-0.1, -0.05) is 30.3 Å². The minimum atomic E-state index is -3.70. The Morgan fingerprint density at radius 2 is 1.60 bits per heavy atom. The van der Waals surface area contributed by atoms with Crippen LogP contribution in [-0.4, -0.2) is 57.3 Å². The first-order valence-electron chi connectivity index (χ1n) is 14.6. The molecule has 2 unspecified atom stereocenters. The lowest BCUT2D eigenvalue weighted by Gasteiger charge is -2.26. The van der Waals surface area contributed by atoms with Crippen molar-refractivity contribution < 1.29 is 27.5 Å². The molecular formula is C33H40N4O6S2. The monoisotopic (exact) mass is 652 g/mol. The third-order valence-corrected chi connectivity index (χ3v) is 9.91. The van der Waals surface area contributed by atoms with Gasteiger partial charge in [-0.3, -0.25) is 13.9 Å². The van der Waals surface area contributed by atoms with E-state index in [2.05, 4.69) is 16.0 Å². The zero-order valence-electron chi connectivity index (χ0n) is 26.0. The maximum Gasteiger partial charge on any atom is 0.251 e. The highest BCUT2D eigenvalue weighted by atomic mass is 32.2. The Kier molecular flexibility index (Phi) is 11.2. The molecule has 2 amide bonds. The number of benzene rings is 2. The quantitative estimate of drug-likeness (QED) is 0.156. The number of anilines is 1. The van der Waals surface area contributed by atoms with E-state index in [1.165, 1.54) is 25.2 Å². The molecule has 2 aromatic heterocycles. The van der Waals surface area contributed by atoms with Gasteiger partial charge in [0.15, 0.2) is 0 Å². The predicted molar refractivity (Wildman–Crippen MR) is 177 cm³/mol. The summed E-state index contributed by atoms with van der Waals surface area (Å²) in [6, 6.07) is 20.1. The predicted octanol–water partition coefficient (Wildman–Crippen LogP) is 4.59. The zero-order chi connectivity index (χ0) is 32.7. The minimum absolute atomic E-state index is 0.0787. The lowest BCUT2D eigenvalue weighted by molar-refractivity contribution is 0.0824. The number of amides is 2. The topological polar surface area (TPSA) is 141 Å². The van der Waals surface area contributed by atoms with E-state index in [9.17, 15) is 23.1 Å². The highest BCUT2D eigenvalue weighted by Crippen LogP contribution is 2.25. The molecule has 0 saturated heterocycles. The molecule has 12 heteroatoms. The van der Waals surface area contributed by atoms with Gasteiger partial charge in [-0.25, -0.2) is 8.42 Å². The first-order chi connectivity index (χ1) is 21.3. The minimum Gasteiger partial charge on any atom is -0.468 e. The standard InChI is InChI=1S/C33H40N4O6S2/c1-21-13-14-31(44-21)23(3)35-32(39)25-17-26(19-27(18-25)37(4)45(5,41)42)33(40)36-28(16-24-10-7-6-8-11-24)29(38)20-34-22(2)30-12-9-15-43-30/h6-15,17-19,22-23,28-29,34,38H,16,20H2,1-5H3,(H,35,39)(H,36,40)/t22?,23?,28-,29+/m0/s1. The maximum atomic E-state index is 13.8. The second kappa shape index (κ2) is 14.9. The summed E-state index contributed by atoms with van der Waals surface area (Å²) in [6.07, 6.45) is 1.96. The fourth-order valence-corrected chi connectivity index (χ4v) is 6.13. The molecule has 10 nitrogen and oxygen atoms in total. The fourth-order valence-electron chi connectivity index (χ4n) is 4.76. The number of hydrogen-bond donors (Lipinski definition) is 4. The second-order valence-electron chi connectivity index (χ2n) is 11.1. The molecule has 0 aliphatic heterocycles. The van der Waals surface area contributed by atoms with E-state index in [1.807, 2.05) is 69.3 Å². The average molecular weight is 653 g/mol. The zero-order valence-corrected chi connectivity index (χ0v) is 27.6. The molecule has 45 heavy (non-hydrogen) atoms. The Bertz CT molecular complexity index is 1690. The number of nitrogens with zero attached hydrogens (tertiary/aromatic N) is 1. The summed E-state index contributed by atoms with van der Waals surface area (Å²) in [5, 5.41) is 20.4. The van der Waals surface area contributed by atoms with Gasteiger partial charge in [0.25, 0.3) is 11.8 Å². The number of hydrogen-bond acceptors (Lipinski definition) is 8. The number of furan rings is 1. The van der Waals surface area contributed by atoms with Crippen LogP contribution in [0.2, 0.25) is 0 Å². The van der Waals surface area contributed by atoms with Gasteiger partial charge in [0, 0.05) is 34.5 Å². The van der Waals surface area contributed by atoms with Crippen molar-refractivity contribution >= 4 is 38.9 Å². The average Bonchev–Trinajstić information content (AvgIpc) is 3.71. The summed E-state index contributed by atoms with van der Waals surface area (Å²) >= 11 is 1.57. The van der Waals surface area contributed by atoms with Crippen molar-refractivity contribution in [2.75, 3.05) is 24.2 Å². The molecule has 0 aliphatic rings. The van der Waals surface area contributed by atoms with Crippen LogP contribution in [0.1, 0.15) is 67.7 Å². The van der Waals surface area contributed by atoms with Crippen LogP contribution in [0.25, 0.3) is 0 Å². The van der Waals surface area contributed by atoms with Crippen molar-refractivity contribution in [3.63, 3.8) is 0 Å². The van der Waals surface area contributed by atoms with Gasteiger partial charge >= 0.3 is 0 Å². The molecule has 2 heterocycles. The number of rotatable bonds is 14. The molecule has 4 aromatic rings. The number of aliphatic hydroxyl groups is 1. The number of sulfonamides is 1. The molecule has 240 valence electrons. The highest BCUT2D eigenvalue weighted by Gasteiger charge is 2.26. The van der Waals surface area contributed by atoms with Crippen molar-refractivity contribution in [2.45, 2.75) is 51.4 Å². The third kappa shape index (κ3) is 9.27. The van der Waals surface area contributed by atoms with Gasteiger partial charge < -0.3 is 25.5 Å². The Labute approximate surface area is 268 Å². The molecular weight excluding hydrogens is 613 g/mol. The lowest BCUT2D eigenvalue weighted by atomic mass is 9.99. The third-order valence-electron chi connectivity index (χ3n) is 7.52. The van der Waals surface area contributed by atoms with Gasteiger partial charge in [-0.05, 0) is 75.2 Å². The van der Waals surface area contributed by atoms with Crippen LogP contribution in [0.3, 0.4) is 0 Å². The Morgan fingerprint density at radius 3 is 2.18 bits per heavy atom. The molecule has 0 spiro atoms. The van der Waals surface area contributed by atoms with E-state index in [-0.39, 0.29) is 35.4 Å². The molecule has 0 radical (unpaired) electrons. The number of thiophene rings is 1. The van der Waals surface area contributed by atoms with Crippen molar-refractivity contribution in [1.82, 2.24) is 16.0 Å². The van der Waals surface area contributed by atoms with E-state index in [0.717, 1.165) is 25.9 Å². The lowest BCUT2D eigenvalue weighted by Crippen LogP contribution is -2.49. The van der Waals surface area contributed by atoms with Crippen LogP contribution in [0.5, 0.6) is 0 Å². The van der Waals surface area contributed by atoms with Crippen LogP contribution in [-0.2, 0) is 16.4 Å². The molecule has 0 aliphatic carbocycles. The summed E-state index contributed by atoms with van der Waals surface area (Å²) in [6.45, 7) is 5.91. The van der Waals surface area contributed by atoms with Crippen LogP contribution in [0.4, 0.5) is 5.69 Å². The number of aliphatic hydroxyl groups excluding tert-OH is 1. The van der Waals surface area contributed by atoms with Crippen LogP contribution in [0, 0.1) is 6.92 Å². The molecule has 0 fully saturated rings. The number of carbonyl (C=O) groups is 2. The summed E-state index contributed by atoms with van der Waals surface area (Å²) in [4.78, 5) is 29.2. The Hall–Kier alpha value is -3.97. The van der Waals surface area contributed by atoms with Crippen molar-refractivity contribution in [3.05, 3.63) is 111 Å². The van der Waals surface area contributed by atoms with E-state index in [4.69, 9.17) is 4.42 Å².